The normalized spacial score (nSPS) is 16.6. The van der Waals surface area contributed by atoms with E-state index in [-0.39, 0.29) is 0 Å². The third-order valence-electron chi connectivity index (χ3n) is 1.67. The molecule has 0 aromatic carbocycles. The Morgan fingerprint density at radius 2 is 1.44 bits per heavy atom. The number of carboxylic acids is 1. The van der Waals surface area contributed by atoms with Crippen molar-refractivity contribution in [2.45, 2.75) is 24.4 Å². The number of aliphatic hydroxyl groups excluding tert-OH is 1. The van der Waals surface area contributed by atoms with Crippen molar-refractivity contribution < 1.29 is 50.1 Å². The van der Waals surface area contributed by atoms with Gasteiger partial charge in [-0.1, -0.05) is 0 Å². The summed E-state index contributed by atoms with van der Waals surface area (Å²) in [5.74, 6) is -22.5. The fourth-order valence-electron chi connectivity index (χ4n) is 0.719. The van der Waals surface area contributed by atoms with E-state index in [1.165, 1.54) is 0 Å². The van der Waals surface area contributed by atoms with Crippen molar-refractivity contribution in [3.8, 4) is 0 Å². The maximum absolute atomic E-state index is 12.7. The molecule has 11 heteroatoms. The molecule has 0 aliphatic rings. The highest BCUT2D eigenvalue weighted by Crippen LogP contribution is 2.44. The summed E-state index contributed by atoms with van der Waals surface area (Å²) < 4.78 is 98.2. The molecule has 18 heavy (non-hydrogen) atoms. The van der Waals surface area contributed by atoms with E-state index in [4.69, 9.17) is 10.2 Å². The summed E-state index contributed by atoms with van der Waals surface area (Å²) in [6.07, 6.45) is -8.54. The van der Waals surface area contributed by atoms with Gasteiger partial charge in [0, 0.05) is 0 Å². The molecule has 0 aliphatic heterocycles. The Morgan fingerprint density at radius 1 is 1.06 bits per heavy atom. The highest BCUT2D eigenvalue weighted by molar-refractivity contribution is 5.73. The van der Waals surface area contributed by atoms with E-state index in [0.29, 0.717) is 0 Å². The molecule has 0 aromatic rings. The largest absolute Gasteiger partial charge is 0.479 e. The molecule has 0 aliphatic carbocycles. The maximum Gasteiger partial charge on any atom is 0.366 e. The minimum atomic E-state index is -6.24. The van der Waals surface area contributed by atoms with Gasteiger partial charge in [0.05, 0.1) is 0 Å². The Bertz CT molecular complexity index is 364. The van der Waals surface area contributed by atoms with Crippen LogP contribution in [0, 0.1) is 0 Å². The molecule has 0 spiro atoms. The van der Waals surface area contributed by atoms with Gasteiger partial charge in [-0.05, 0) is 0 Å². The lowest BCUT2D eigenvalue weighted by Crippen LogP contribution is -2.53. The second-order valence-electron chi connectivity index (χ2n) is 2.90. The number of aliphatic carboxylic acids is 1. The molecule has 0 aromatic heterocycles. The van der Waals surface area contributed by atoms with Gasteiger partial charge < -0.3 is 10.2 Å². The predicted molar refractivity (Wildman–Crippen MR) is 38.8 cm³/mol. The number of carboxylic acid groups (broad SMARTS) is 1. The predicted octanol–water partition coefficient (Wildman–Crippen LogP) is 2.12. The van der Waals surface area contributed by atoms with Crippen LogP contribution in [0.25, 0.3) is 0 Å². The monoisotopic (exact) mass is 288 g/mol. The number of hydrogen-bond donors (Lipinski definition) is 2. The third-order valence-corrected chi connectivity index (χ3v) is 1.67. The zero-order chi connectivity index (χ0) is 14.9. The molecule has 0 rings (SSSR count). The zero-order valence-corrected chi connectivity index (χ0v) is 7.98. The molecule has 0 bridgehead atoms. The van der Waals surface area contributed by atoms with Gasteiger partial charge in [0.1, 0.15) is 0 Å². The van der Waals surface area contributed by atoms with E-state index in [1.807, 2.05) is 0 Å². The van der Waals surface area contributed by atoms with Gasteiger partial charge in [0.15, 0.2) is 0 Å². The first kappa shape index (κ1) is 16.6. The Balaban J connectivity index is 5.64. The van der Waals surface area contributed by atoms with Gasteiger partial charge in [-0.2, -0.15) is 17.6 Å². The van der Waals surface area contributed by atoms with Crippen LogP contribution in [0.4, 0.5) is 35.1 Å². The van der Waals surface area contributed by atoms with Crippen LogP contribution in [-0.2, 0) is 4.79 Å². The van der Waals surface area contributed by atoms with Crippen molar-refractivity contribution in [3.63, 3.8) is 0 Å². The van der Waals surface area contributed by atoms with Crippen LogP contribution in [0.5, 0.6) is 0 Å². The third kappa shape index (κ3) is 2.71. The molecule has 2 N–H and O–H groups in total. The SMILES string of the molecule is O=C(O)C(O)C(F)(F)C(F)(F)C(F)=C(F)C(F)F. The summed E-state index contributed by atoms with van der Waals surface area (Å²) in [6, 6.07) is 0. The highest BCUT2D eigenvalue weighted by atomic mass is 19.3. The van der Waals surface area contributed by atoms with Crippen molar-refractivity contribution in [2.75, 3.05) is 0 Å². The first-order chi connectivity index (χ1) is 7.87. The summed E-state index contributed by atoms with van der Waals surface area (Å²) in [5.41, 5.74) is 0. The number of aliphatic hydroxyl groups is 1. The quantitative estimate of drug-likeness (QED) is 0.762. The van der Waals surface area contributed by atoms with Gasteiger partial charge in [-0.25, -0.2) is 22.4 Å². The first-order valence-corrected chi connectivity index (χ1v) is 3.87. The van der Waals surface area contributed by atoms with Gasteiger partial charge in [-0.3, -0.25) is 0 Å². The molecule has 0 amide bonds. The minimum absolute atomic E-state index is 2.87. The molecule has 1 unspecified atom stereocenters. The molecule has 3 nitrogen and oxygen atoms in total. The van der Waals surface area contributed by atoms with E-state index in [0.717, 1.165) is 0 Å². The van der Waals surface area contributed by atoms with E-state index in [2.05, 4.69) is 0 Å². The van der Waals surface area contributed by atoms with Crippen LogP contribution in [0.15, 0.2) is 11.7 Å². The van der Waals surface area contributed by atoms with Gasteiger partial charge >= 0.3 is 17.8 Å². The van der Waals surface area contributed by atoms with Crippen LogP contribution in [-0.4, -0.2) is 40.6 Å². The summed E-state index contributed by atoms with van der Waals surface area (Å²) in [6.45, 7) is 0. The summed E-state index contributed by atoms with van der Waals surface area (Å²) in [7, 11) is 0. The molecule has 0 heterocycles. The van der Waals surface area contributed by atoms with Gasteiger partial charge in [-0.15, -0.1) is 0 Å². The van der Waals surface area contributed by atoms with Crippen molar-refractivity contribution >= 4 is 5.97 Å². The smallest absolute Gasteiger partial charge is 0.366 e. The summed E-state index contributed by atoms with van der Waals surface area (Å²) in [5, 5.41) is 16.1. The molecule has 0 saturated carbocycles. The summed E-state index contributed by atoms with van der Waals surface area (Å²) in [4.78, 5) is 9.88. The Hall–Kier alpha value is -1.39. The second-order valence-corrected chi connectivity index (χ2v) is 2.90. The Kier molecular flexibility index (Phi) is 4.69. The zero-order valence-electron chi connectivity index (χ0n) is 7.98. The van der Waals surface area contributed by atoms with Crippen molar-refractivity contribution in [1.29, 1.82) is 0 Å². The minimum Gasteiger partial charge on any atom is -0.479 e. The summed E-state index contributed by atoms with van der Waals surface area (Å²) >= 11 is 0. The van der Waals surface area contributed by atoms with Gasteiger partial charge in [0.2, 0.25) is 17.8 Å². The van der Waals surface area contributed by atoms with Gasteiger partial charge in [0.25, 0.3) is 6.43 Å². The van der Waals surface area contributed by atoms with E-state index in [9.17, 15) is 39.9 Å². The number of alkyl halides is 6. The molecular weight excluding hydrogens is 284 g/mol. The number of hydrogen-bond acceptors (Lipinski definition) is 2. The van der Waals surface area contributed by atoms with Crippen molar-refractivity contribution in [3.05, 3.63) is 11.7 Å². The highest BCUT2D eigenvalue weighted by Gasteiger charge is 2.67. The van der Waals surface area contributed by atoms with E-state index < -0.39 is 42.0 Å². The van der Waals surface area contributed by atoms with Crippen LogP contribution >= 0.6 is 0 Å². The van der Waals surface area contributed by atoms with Crippen LogP contribution in [0.3, 0.4) is 0 Å². The molecule has 0 radical (unpaired) electrons. The average molecular weight is 288 g/mol. The Labute approximate surface area is 93.3 Å². The fourth-order valence-corrected chi connectivity index (χ4v) is 0.719. The first-order valence-electron chi connectivity index (χ1n) is 3.87. The number of carbonyl (C=O) groups is 1. The van der Waals surface area contributed by atoms with Crippen LogP contribution in [0.1, 0.15) is 0 Å². The van der Waals surface area contributed by atoms with Crippen LogP contribution in [0.2, 0.25) is 0 Å². The van der Waals surface area contributed by atoms with Crippen LogP contribution < -0.4 is 0 Å². The fraction of sp³-hybridized carbons (Fsp3) is 0.571. The van der Waals surface area contributed by atoms with E-state index in [1.54, 1.807) is 0 Å². The number of allylic oxidation sites excluding steroid dienone is 2. The average Bonchev–Trinajstić information content (AvgIpc) is 2.24. The number of rotatable bonds is 5. The van der Waals surface area contributed by atoms with E-state index >= 15 is 0 Å². The lowest BCUT2D eigenvalue weighted by Gasteiger charge is -2.27. The molecule has 0 fully saturated rings. The maximum atomic E-state index is 12.7. The molecule has 0 saturated heterocycles. The van der Waals surface area contributed by atoms with Crippen molar-refractivity contribution in [1.82, 2.24) is 0 Å². The van der Waals surface area contributed by atoms with Crippen molar-refractivity contribution in [2.24, 2.45) is 0 Å². The molecule has 106 valence electrons. The standard InChI is InChI=1S/C7H4F8O3/c8-1(4(10)11)2(9)6(12,13)7(14,15)3(16)5(17)18/h3-4,16H,(H,17,18). The lowest BCUT2D eigenvalue weighted by atomic mass is 10.0. The topological polar surface area (TPSA) is 57.5 Å². The lowest BCUT2D eigenvalue weighted by molar-refractivity contribution is -0.244. The second kappa shape index (κ2) is 5.08. The molecular formula is C7H4F8O3. The number of halogens is 8. The molecule has 1 atom stereocenters. The Morgan fingerprint density at radius 3 is 1.72 bits per heavy atom.